The van der Waals surface area contributed by atoms with E-state index in [2.05, 4.69) is 19.9 Å². The first-order chi connectivity index (χ1) is 9.62. The summed E-state index contributed by atoms with van der Waals surface area (Å²) in [4.78, 5) is 6.40. The Bertz CT molecular complexity index is 529. The molecule has 8 heteroatoms. The van der Waals surface area contributed by atoms with Crippen molar-refractivity contribution in [2.24, 2.45) is 0 Å². The highest BCUT2D eigenvalue weighted by Gasteiger charge is 2.16. The number of anilines is 1. The van der Waals surface area contributed by atoms with Crippen molar-refractivity contribution >= 4 is 15.8 Å². The average Bonchev–Trinajstić information content (AvgIpc) is 2.48. The van der Waals surface area contributed by atoms with E-state index in [0.29, 0.717) is 32.1 Å². The van der Waals surface area contributed by atoms with E-state index in [-0.39, 0.29) is 4.90 Å². The normalized spacial score (nSPS) is 17.1. The number of sulfonamides is 1. The lowest BCUT2D eigenvalue weighted by Gasteiger charge is -2.26. The molecule has 2 heterocycles. The van der Waals surface area contributed by atoms with E-state index in [1.54, 1.807) is 7.05 Å². The third-order valence-electron chi connectivity index (χ3n) is 3.12. The predicted molar refractivity (Wildman–Crippen MR) is 76.2 cm³/mol. The van der Waals surface area contributed by atoms with Gasteiger partial charge in [-0.3, -0.25) is 4.90 Å². The molecule has 0 radical (unpaired) electrons. The first kappa shape index (κ1) is 15.2. The summed E-state index contributed by atoms with van der Waals surface area (Å²) in [6.07, 6.45) is 1.47. The summed E-state index contributed by atoms with van der Waals surface area (Å²) < 4.78 is 32.1. The van der Waals surface area contributed by atoms with Gasteiger partial charge in [0, 0.05) is 45.5 Å². The van der Waals surface area contributed by atoms with Crippen molar-refractivity contribution in [3.63, 3.8) is 0 Å². The van der Waals surface area contributed by atoms with Gasteiger partial charge in [0.2, 0.25) is 10.0 Å². The third kappa shape index (κ3) is 4.14. The first-order valence-electron chi connectivity index (χ1n) is 6.55. The van der Waals surface area contributed by atoms with E-state index < -0.39 is 10.0 Å². The number of morpholine rings is 1. The molecule has 1 aromatic rings. The number of nitrogens with one attached hydrogen (secondary N) is 2. The van der Waals surface area contributed by atoms with Crippen LogP contribution in [0.15, 0.2) is 23.2 Å². The van der Waals surface area contributed by atoms with Gasteiger partial charge in [-0.2, -0.15) is 0 Å². The molecule has 0 amide bonds. The second-order valence-electron chi connectivity index (χ2n) is 4.48. The molecule has 1 saturated heterocycles. The van der Waals surface area contributed by atoms with Crippen LogP contribution >= 0.6 is 0 Å². The van der Waals surface area contributed by atoms with Crippen molar-refractivity contribution < 1.29 is 13.2 Å². The van der Waals surface area contributed by atoms with Crippen LogP contribution in [-0.2, 0) is 14.8 Å². The fraction of sp³-hybridized carbons (Fsp3) is 0.583. The largest absolute Gasteiger partial charge is 0.379 e. The zero-order valence-electron chi connectivity index (χ0n) is 11.5. The maximum absolute atomic E-state index is 12.1. The Morgan fingerprint density at radius 2 is 2.15 bits per heavy atom. The van der Waals surface area contributed by atoms with Crippen LogP contribution < -0.4 is 10.0 Å². The lowest BCUT2D eigenvalue weighted by atomic mass is 10.4. The highest BCUT2D eigenvalue weighted by molar-refractivity contribution is 7.89. The van der Waals surface area contributed by atoms with Crippen molar-refractivity contribution in [1.29, 1.82) is 0 Å². The molecule has 20 heavy (non-hydrogen) atoms. The van der Waals surface area contributed by atoms with Gasteiger partial charge >= 0.3 is 0 Å². The fourth-order valence-electron chi connectivity index (χ4n) is 1.96. The molecule has 0 spiro atoms. The maximum Gasteiger partial charge on any atom is 0.240 e. The van der Waals surface area contributed by atoms with Crippen LogP contribution in [0, 0.1) is 0 Å². The molecule has 1 aliphatic rings. The molecule has 0 saturated carbocycles. The molecule has 0 bridgehead atoms. The van der Waals surface area contributed by atoms with Gasteiger partial charge < -0.3 is 10.1 Å². The Kier molecular flexibility index (Phi) is 5.30. The molecule has 0 unspecified atom stereocenters. The molecular weight excluding hydrogens is 280 g/mol. The standard InChI is InChI=1S/C12H20N4O3S/c1-13-12-10-11(2-3-14-12)20(17,18)15-4-5-16-6-8-19-9-7-16/h2-3,10,15H,4-9H2,1H3,(H,13,14). The Morgan fingerprint density at radius 1 is 1.40 bits per heavy atom. The highest BCUT2D eigenvalue weighted by Crippen LogP contribution is 2.11. The quantitative estimate of drug-likeness (QED) is 0.753. The number of hydrogen-bond donors (Lipinski definition) is 2. The zero-order chi connectivity index (χ0) is 14.4. The number of pyridine rings is 1. The molecule has 0 aromatic carbocycles. The molecule has 0 atom stereocenters. The van der Waals surface area contributed by atoms with Crippen molar-refractivity contribution in [3.8, 4) is 0 Å². The van der Waals surface area contributed by atoms with Crippen LogP contribution in [0.2, 0.25) is 0 Å². The molecular formula is C12H20N4O3S. The summed E-state index contributed by atoms with van der Waals surface area (Å²) in [5.41, 5.74) is 0. The van der Waals surface area contributed by atoms with Crippen LogP contribution in [0.1, 0.15) is 0 Å². The van der Waals surface area contributed by atoms with Gasteiger partial charge in [0.15, 0.2) is 0 Å². The van der Waals surface area contributed by atoms with Crippen molar-refractivity contribution in [3.05, 3.63) is 18.3 Å². The van der Waals surface area contributed by atoms with Gasteiger partial charge in [-0.25, -0.2) is 18.1 Å². The van der Waals surface area contributed by atoms with Crippen LogP contribution in [0.5, 0.6) is 0 Å². The minimum atomic E-state index is -3.48. The summed E-state index contributed by atoms with van der Waals surface area (Å²) >= 11 is 0. The predicted octanol–water partition coefficient (Wildman–Crippen LogP) is -0.266. The van der Waals surface area contributed by atoms with Gasteiger partial charge in [-0.15, -0.1) is 0 Å². The van der Waals surface area contributed by atoms with Gasteiger partial charge in [0.05, 0.1) is 18.1 Å². The summed E-state index contributed by atoms with van der Waals surface area (Å²) in [7, 11) is -1.78. The Hall–Kier alpha value is -1.22. The summed E-state index contributed by atoms with van der Waals surface area (Å²) in [6, 6.07) is 3.00. The van der Waals surface area contributed by atoms with Crippen LogP contribution in [0.3, 0.4) is 0 Å². The van der Waals surface area contributed by atoms with Gasteiger partial charge in [0.1, 0.15) is 5.82 Å². The lowest BCUT2D eigenvalue weighted by Crippen LogP contribution is -2.41. The lowest BCUT2D eigenvalue weighted by molar-refractivity contribution is 0.0390. The second kappa shape index (κ2) is 6.98. The van der Waals surface area contributed by atoms with E-state index >= 15 is 0 Å². The fourth-order valence-corrected chi connectivity index (χ4v) is 2.99. The van der Waals surface area contributed by atoms with E-state index in [9.17, 15) is 8.42 Å². The number of rotatable bonds is 6. The molecule has 2 N–H and O–H groups in total. The molecule has 112 valence electrons. The van der Waals surface area contributed by atoms with Gasteiger partial charge in [-0.05, 0) is 6.07 Å². The van der Waals surface area contributed by atoms with Gasteiger partial charge in [-0.1, -0.05) is 0 Å². The SMILES string of the molecule is CNc1cc(S(=O)(=O)NCCN2CCOCC2)ccn1. The van der Waals surface area contributed by atoms with E-state index in [1.807, 2.05) is 0 Å². The molecule has 2 rings (SSSR count). The minimum Gasteiger partial charge on any atom is -0.379 e. The molecule has 7 nitrogen and oxygen atoms in total. The van der Waals surface area contributed by atoms with Crippen LogP contribution in [-0.4, -0.2) is 64.7 Å². The number of aromatic nitrogens is 1. The molecule has 0 aliphatic carbocycles. The Labute approximate surface area is 119 Å². The summed E-state index contributed by atoms with van der Waals surface area (Å²) in [5, 5.41) is 2.82. The minimum absolute atomic E-state index is 0.221. The number of nitrogens with zero attached hydrogens (tertiary/aromatic N) is 2. The third-order valence-corrected chi connectivity index (χ3v) is 4.58. The topological polar surface area (TPSA) is 83.6 Å². The maximum atomic E-state index is 12.1. The monoisotopic (exact) mass is 300 g/mol. The zero-order valence-corrected chi connectivity index (χ0v) is 12.3. The Morgan fingerprint density at radius 3 is 2.85 bits per heavy atom. The van der Waals surface area contributed by atoms with Crippen molar-refractivity contribution in [2.45, 2.75) is 4.90 Å². The van der Waals surface area contributed by atoms with Gasteiger partial charge in [0.25, 0.3) is 0 Å². The first-order valence-corrected chi connectivity index (χ1v) is 8.04. The second-order valence-corrected chi connectivity index (χ2v) is 6.25. The smallest absolute Gasteiger partial charge is 0.240 e. The van der Waals surface area contributed by atoms with E-state index in [4.69, 9.17) is 4.74 Å². The number of ether oxygens (including phenoxy) is 1. The highest BCUT2D eigenvalue weighted by atomic mass is 32.2. The molecule has 1 aromatic heterocycles. The Balaban J connectivity index is 1.89. The van der Waals surface area contributed by atoms with Crippen LogP contribution in [0.4, 0.5) is 5.82 Å². The average molecular weight is 300 g/mol. The molecule has 1 aliphatic heterocycles. The van der Waals surface area contributed by atoms with Crippen LogP contribution in [0.25, 0.3) is 0 Å². The van der Waals surface area contributed by atoms with E-state index in [0.717, 1.165) is 13.1 Å². The molecule has 1 fully saturated rings. The summed E-state index contributed by atoms with van der Waals surface area (Å²) in [6.45, 7) is 4.19. The van der Waals surface area contributed by atoms with Crippen molar-refractivity contribution in [1.82, 2.24) is 14.6 Å². The summed E-state index contributed by atoms with van der Waals surface area (Å²) in [5.74, 6) is 0.529. The number of hydrogen-bond acceptors (Lipinski definition) is 6. The van der Waals surface area contributed by atoms with E-state index in [1.165, 1.54) is 18.3 Å². The van der Waals surface area contributed by atoms with Crippen molar-refractivity contribution in [2.75, 3.05) is 51.8 Å².